The second-order valence-electron chi connectivity index (χ2n) is 1.72. The van der Waals surface area contributed by atoms with Crippen LogP contribution in [0.5, 0.6) is 0 Å². The number of carboxylic acid groups (broad SMARTS) is 2. The van der Waals surface area contributed by atoms with Gasteiger partial charge in [-0.2, -0.15) is 0 Å². The molecule has 0 heterocycles. The van der Waals surface area contributed by atoms with E-state index in [1.807, 2.05) is 0 Å². The van der Waals surface area contributed by atoms with Crippen molar-refractivity contribution in [3.05, 3.63) is 0 Å². The number of hydrogen-bond acceptors (Lipinski definition) is 4. The number of rotatable bonds is 2. The van der Waals surface area contributed by atoms with Crippen molar-refractivity contribution in [2.75, 3.05) is 0 Å². The molecule has 0 atom stereocenters. The molecule has 0 unspecified atom stereocenters. The first-order valence-electron chi connectivity index (χ1n) is 2.76. The minimum atomic E-state index is -1.38. The summed E-state index contributed by atoms with van der Waals surface area (Å²) in [6.45, 7) is 2.00. The van der Waals surface area contributed by atoms with Gasteiger partial charge in [0.2, 0.25) is 11.6 Å². The zero-order valence-electron chi connectivity index (χ0n) is 9.73. The van der Waals surface area contributed by atoms with Crippen molar-refractivity contribution >= 4 is 61.2 Å². The average molecular weight is 306 g/mol. The fourth-order valence-corrected chi connectivity index (χ4v) is 0. The molecule has 0 aromatic rings. The number of carbonyl (C=O) groups is 4. The molecule has 110 valence electrons. The van der Waals surface area contributed by atoms with E-state index in [4.69, 9.17) is 10.2 Å². The Bertz CT molecular complexity index is 178. The predicted octanol–water partition coefficient (Wildman–Crippen LogP) is -5.18. The largest absolute Gasteiger partial charge is 0.476 e. The molecule has 0 bridgehead atoms. The summed E-state index contributed by atoms with van der Waals surface area (Å²) in [7, 11) is 0. The van der Waals surface area contributed by atoms with E-state index in [0.717, 1.165) is 13.8 Å². The van der Waals surface area contributed by atoms with E-state index in [2.05, 4.69) is 0 Å². The summed E-state index contributed by atoms with van der Waals surface area (Å²) in [4.78, 5) is 37.8. The van der Waals surface area contributed by atoms with Crippen LogP contribution in [0.4, 0.5) is 0 Å². The van der Waals surface area contributed by atoms with Gasteiger partial charge in [0.1, 0.15) is 0 Å². The van der Waals surface area contributed by atoms with E-state index in [1.54, 1.807) is 0 Å². The van der Waals surface area contributed by atoms with Crippen LogP contribution >= 0.6 is 0 Å². The minimum Gasteiger partial charge on any atom is -0.476 e. The van der Waals surface area contributed by atoms with Crippen molar-refractivity contribution in [2.45, 2.75) is 13.8 Å². The van der Waals surface area contributed by atoms with Gasteiger partial charge in [0, 0.05) is 51.6 Å². The smallest absolute Gasteiger partial charge is 0.371 e. The average Bonchev–Trinajstić information content (AvgIpc) is 1.88. The molecule has 0 aliphatic rings. The van der Waals surface area contributed by atoms with Crippen LogP contribution in [0.1, 0.15) is 13.8 Å². The Morgan fingerprint density at radius 2 is 0.667 bits per heavy atom. The summed E-state index contributed by atoms with van der Waals surface area (Å²) in [6.07, 6.45) is 0. The van der Waals surface area contributed by atoms with Gasteiger partial charge in [0.15, 0.2) is 0 Å². The first kappa shape index (κ1) is 53.1. The van der Waals surface area contributed by atoms with E-state index < -0.39 is 23.5 Å². The van der Waals surface area contributed by atoms with Gasteiger partial charge in [-0.25, -0.2) is 9.59 Å². The third-order valence-corrected chi connectivity index (χ3v) is 0.602. The first-order chi connectivity index (χ1) is 5.29. The van der Waals surface area contributed by atoms with Crippen LogP contribution in [0.3, 0.4) is 0 Å². The number of carboxylic acids is 2. The number of hydrogen-bond donors (Lipinski definition) is 2. The summed E-state index contributed by atoms with van der Waals surface area (Å²) >= 11 is 0. The molecule has 11 nitrogen and oxygen atoms in total. The maximum atomic E-state index is 9.54. The summed E-state index contributed by atoms with van der Waals surface area (Å²) in [5.41, 5.74) is 0. The fraction of sp³-hybridized carbons (Fsp3) is 0.333. The van der Waals surface area contributed by atoms with Gasteiger partial charge in [0.05, 0.1) is 0 Å². The Morgan fingerprint density at radius 1 is 0.611 bits per heavy atom. The van der Waals surface area contributed by atoms with E-state index in [1.165, 1.54) is 0 Å². The Kier molecular flexibility index (Phi) is 88.2. The molecule has 0 aromatic carbocycles. The quantitative estimate of drug-likeness (QED) is 0.371. The van der Waals surface area contributed by atoms with Crippen molar-refractivity contribution in [1.82, 2.24) is 0 Å². The Hall–Kier alpha value is -0.660. The Balaban J connectivity index is -0.0000000139. The molecule has 12 heteroatoms. The minimum absolute atomic E-state index is 0. The molecular weight excluding hydrogens is 288 g/mol. The van der Waals surface area contributed by atoms with E-state index in [0.29, 0.717) is 0 Å². The van der Waals surface area contributed by atoms with Crippen molar-refractivity contribution < 1.29 is 56.8 Å². The van der Waals surface area contributed by atoms with Gasteiger partial charge in [0.25, 0.3) is 0 Å². The monoisotopic (exact) mass is 306 g/mol. The number of aliphatic carboxylic acids is 2. The van der Waals surface area contributed by atoms with Gasteiger partial charge in [-0.05, 0) is 0 Å². The maximum Gasteiger partial charge on any atom is 0.371 e. The molecule has 18 heavy (non-hydrogen) atoms. The van der Waals surface area contributed by atoms with Crippen LogP contribution in [0.15, 0.2) is 0 Å². The molecule has 0 amide bonds. The number of carbonyl (C=O) groups excluding carboxylic acids is 2. The van der Waals surface area contributed by atoms with Crippen LogP contribution < -0.4 is 0 Å². The summed E-state index contributed by atoms with van der Waals surface area (Å²) < 4.78 is 0. The van der Waals surface area contributed by atoms with Crippen molar-refractivity contribution in [3.63, 3.8) is 0 Å². The maximum absolute atomic E-state index is 9.54. The van der Waals surface area contributed by atoms with Crippen LogP contribution in [0, 0.1) is 0 Å². The van der Waals surface area contributed by atoms with Crippen LogP contribution in [0.25, 0.3) is 0 Å². The van der Waals surface area contributed by atoms with Crippen LogP contribution in [-0.2, 0) is 19.2 Å². The predicted molar refractivity (Wildman–Crippen MR) is 60.5 cm³/mol. The molecule has 2 radical (unpaired) electrons. The van der Waals surface area contributed by atoms with E-state index in [-0.39, 0.29) is 65.1 Å². The fourth-order valence-electron chi connectivity index (χ4n) is 0. The van der Waals surface area contributed by atoms with Gasteiger partial charge in [-0.1, -0.05) is 0 Å². The molecule has 0 fully saturated rings. The first-order valence-corrected chi connectivity index (χ1v) is 2.76. The molecule has 0 saturated carbocycles. The van der Waals surface area contributed by atoms with Gasteiger partial charge in [-0.15, -0.1) is 0 Å². The molecule has 0 spiro atoms. The molecular formula is C6H18CaO11. The Labute approximate surface area is 131 Å². The van der Waals surface area contributed by atoms with Gasteiger partial charge in [-0.3, -0.25) is 9.59 Å². The normalized spacial score (nSPS) is 5.00. The van der Waals surface area contributed by atoms with Crippen LogP contribution in [-0.4, -0.2) is 98.8 Å². The number of Topliss-reactive ketones (excluding diaryl/α,β-unsaturated/α-hetero) is 2. The Morgan fingerprint density at radius 3 is 0.667 bits per heavy atom. The van der Waals surface area contributed by atoms with E-state index in [9.17, 15) is 19.2 Å². The second kappa shape index (κ2) is 29.9. The zero-order valence-corrected chi connectivity index (χ0v) is 11.9. The van der Waals surface area contributed by atoms with Crippen molar-refractivity contribution in [1.29, 1.82) is 0 Å². The van der Waals surface area contributed by atoms with E-state index >= 15 is 0 Å². The molecule has 0 aromatic heterocycles. The molecule has 0 aliphatic heterocycles. The zero-order chi connectivity index (χ0) is 10.3. The molecule has 0 saturated heterocycles. The van der Waals surface area contributed by atoms with Crippen molar-refractivity contribution in [2.24, 2.45) is 0 Å². The number of ketones is 2. The SMILES string of the molecule is CC(=O)C(=O)O.CC(=O)C(=O)O.O.O.O.O.O.[Ca]. The third kappa shape index (κ3) is 58.6. The standard InChI is InChI=1S/2C3H4O3.Ca.5H2O/c2*1-2(4)3(5)6;;;;;;/h2*1H3,(H,5,6);;5*1H2. The molecule has 12 N–H and O–H groups in total. The summed E-state index contributed by atoms with van der Waals surface area (Å²) in [5.74, 6) is -4.41. The third-order valence-electron chi connectivity index (χ3n) is 0.602. The van der Waals surface area contributed by atoms with Gasteiger partial charge < -0.3 is 37.6 Å². The molecule has 0 rings (SSSR count). The molecule has 0 aliphatic carbocycles. The summed E-state index contributed by atoms with van der Waals surface area (Å²) in [6, 6.07) is 0. The van der Waals surface area contributed by atoms with Crippen LogP contribution in [0.2, 0.25) is 0 Å². The van der Waals surface area contributed by atoms with Crippen molar-refractivity contribution in [3.8, 4) is 0 Å². The topological polar surface area (TPSA) is 266 Å². The van der Waals surface area contributed by atoms with Gasteiger partial charge >= 0.3 is 11.9 Å². The second-order valence-corrected chi connectivity index (χ2v) is 1.72. The summed E-state index contributed by atoms with van der Waals surface area (Å²) in [5, 5.41) is 15.3.